The molecule has 0 aliphatic heterocycles. The fourth-order valence-electron chi connectivity index (χ4n) is 2.10. The summed E-state index contributed by atoms with van der Waals surface area (Å²) in [5.41, 5.74) is 0. The van der Waals surface area contributed by atoms with Crippen molar-refractivity contribution in [2.75, 3.05) is 14.2 Å². The summed E-state index contributed by atoms with van der Waals surface area (Å²) in [6.07, 6.45) is 0. The van der Waals surface area contributed by atoms with Crippen LogP contribution in [0.2, 0.25) is 10.0 Å². The largest absolute Gasteiger partial charge is 0.465 e. The monoisotopic (exact) mass is 374 g/mol. The van der Waals surface area contributed by atoms with E-state index < -0.39 is 11.9 Å². The Balaban J connectivity index is 2.36. The van der Waals surface area contributed by atoms with Gasteiger partial charge in [-0.15, -0.1) is 22.7 Å². The van der Waals surface area contributed by atoms with Crippen molar-refractivity contribution in [1.29, 1.82) is 0 Å². The molecule has 2 heterocycles. The fraction of sp³-hybridized carbons (Fsp3) is 0.143. The summed E-state index contributed by atoms with van der Waals surface area (Å²) in [6, 6.07) is 3.56. The summed E-state index contributed by atoms with van der Waals surface area (Å²) in [7, 11) is 2.60. The lowest BCUT2D eigenvalue weighted by molar-refractivity contribution is 0.0597. The van der Waals surface area contributed by atoms with Crippen LogP contribution in [0.4, 0.5) is 0 Å². The topological polar surface area (TPSA) is 52.6 Å². The number of methoxy groups -OCH3 is 2. The van der Waals surface area contributed by atoms with Gasteiger partial charge in [0.25, 0.3) is 0 Å². The second-order valence-corrected chi connectivity index (χ2v) is 7.09. The van der Waals surface area contributed by atoms with Crippen molar-refractivity contribution in [1.82, 2.24) is 0 Å². The van der Waals surface area contributed by atoms with Gasteiger partial charge in [0.1, 0.15) is 9.75 Å². The molecule has 0 bridgehead atoms. The molecule has 22 heavy (non-hydrogen) atoms. The lowest BCUT2D eigenvalue weighted by atomic mass is 10.2. The maximum absolute atomic E-state index is 11.8. The van der Waals surface area contributed by atoms with E-state index in [2.05, 4.69) is 0 Å². The van der Waals surface area contributed by atoms with Gasteiger partial charge >= 0.3 is 11.9 Å². The molecule has 0 radical (unpaired) electrons. The Hall–Kier alpha value is -1.34. The van der Waals surface area contributed by atoms with Crippen LogP contribution in [0.5, 0.6) is 0 Å². The zero-order valence-corrected chi connectivity index (χ0v) is 14.5. The molecular formula is C14H8Cl2O4S2. The second-order valence-electron chi connectivity index (χ2n) is 4.29. The quantitative estimate of drug-likeness (QED) is 0.592. The lowest BCUT2D eigenvalue weighted by Crippen LogP contribution is -1.98. The number of ether oxygens (including phenoxy) is 2. The summed E-state index contributed by atoms with van der Waals surface area (Å²) in [6.45, 7) is 0. The number of halogens is 2. The van der Waals surface area contributed by atoms with Crippen LogP contribution in [-0.4, -0.2) is 26.2 Å². The summed E-state index contributed by atoms with van der Waals surface area (Å²) in [4.78, 5) is 24.2. The molecule has 0 aliphatic carbocycles. The Labute approximate surface area is 143 Å². The molecule has 114 valence electrons. The van der Waals surface area contributed by atoms with E-state index in [1.54, 1.807) is 12.1 Å². The molecule has 2 aromatic heterocycles. The van der Waals surface area contributed by atoms with Crippen LogP contribution >= 0.6 is 45.9 Å². The molecule has 0 saturated carbocycles. The number of carbonyl (C=O) groups is 2. The van der Waals surface area contributed by atoms with E-state index in [0.29, 0.717) is 19.8 Å². The standard InChI is InChI=1S/C14H8Cl2O4S2/c1-19-13(17)11-7(15)5-3-4-6-8(16)12(14(18)20-2)22-10(6)9(5)21-11/h3-4H,1-2H3. The zero-order valence-electron chi connectivity index (χ0n) is 11.4. The number of fused-ring (bicyclic) bond motifs is 3. The van der Waals surface area contributed by atoms with Gasteiger partial charge in [-0.05, 0) is 0 Å². The Kier molecular flexibility index (Phi) is 4.03. The molecule has 0 N–H and O–H groups in total. The number of hydrogen-bond acceptors (Lipinski definition) is 6. The van der Waals surface area contributed by atoms with Crippen molar-refractivity contribution in [2.24, 2.45) is 0 Å². The SMILES string of the molecule is COC(=O)c1sc2c(ccc3c(Cl)c(C(=O)OC)sc32)c1Cl. The van der Waals surface area contributed by atoms with Crippen molar-refractivity contribution in [3.05, 3.63) is 31.9 Å². The number of rotatable bonds is 2. The van der Waals surface area contributed by atoms with Gasteiger partial charge in [-0.1, -0.05) is 35.3 Å². The van der Waals surface area contributed by atoms with Crippen LogP contribution in [0, 0.1) is 0 Å². The molecule has 0 unspecified atom stereocenters. The Morgan fingerprint density at radius 3 is 1.55 bits per heavy atom. The van der Waals surface area contributed by atoms with Crippen LogP contribution in [0.3, 0.4) is 0 Å². The minimum absolute atomic E-state index is 0.329. The highest BCUT2D eigenvalue weighted by Crippen LogP contribution is 2.45. The molecule has 3 aromatic rings. The summed E-state index contributed by atoms with van der Waals surface area (Å²) in [5.74, 6) is -0.981. The molecule has 0 fully saturated rings. The Bertz CT molecular complexity index is 851. The molecular weight excluding hydrogens is 367 g/mol. The zero-order chi connectivity index (χ0) is 16.0. The third-order valence-corrected chi connectivity index (χ3v) is 6.68. The average Bonchev–Trinajstić information content (AvgIpc) is 3.04. The molecule has 0 spiro atoms. The van der Waals surface area contributed by atoms with Crippen LogP contribution in [0.25, 0.3) is 20.2 Å². The first kappa shape index (κ1) is 15.6. The van der Waals surface area contributed by atoms with Gasteiger partial charge in [0, 0.05) is 10.8 Å². The van der Waals surface area contributed by atoms with Gasteiger partial charge in [0.05, 0.1) is 33.7 Å². The molecule has 0 saturated heterocycles. The van der Waals surface area contributed by atoms with E-state index in [9.17, 15) is 9.59 Å². The first-order chi connectivity index (χ1) is 10.5. The van der Waals surface area contributed by atoms with E-state index >= 15 is 0 Å². The van der Waals surface area contributed by atoms with Crippen molar-refractivity contribution < 1.29 is 19.1 Å². The van der Waals surface area contributed by atoms with Crippen LogP contribution in [0.15, 0.2) is 12.1 Å². The van der Waals surface area contributed by atoms with Crippen molar-refractivity contribution in [3.63, 3.8) is 0 Å². The molecule has 1 aromatic carbocycles. The Morgan fingerprint density at radius 2 is 1.23 bits per heavy atom. The third-order valence-electron chi connectivity index (χ3n) is 3.13. The maximum Gasteiger partial charge on any atom is 0.349 e. The van der Waals surface area contributed by atoms with Crippen molar-refractivity contribution >= 4 is 78.0 Å². The Morgan fingerprint density at radius 1 is 0.864 bits per heavy atom. The first-order valence-corrected chi connectivity index (χ1v) is 8.38. The number of carbonyl (C=O) groups excluding carboxylic acids is 2. The van der Waals surface area contributed by atoms with Crippen molar-refractivity contribution in [3.8, 4) is 0 Å². The minimum Gasteiger partial charge on any atom is -0.465 e. The first-order valence-electron chi connectivity index (χ1n) is 5.99. The lowest BCUT2D eigenvalue weighted by Gasteiger charge is -1.95. The minimum atomic E-state index is -0.491. The van der Waals surface area contributed by atoms with E-state index in [4.69, 9.17) is 32.7 Å². The van der Waals surface area contributed by atoms with Gasteiger partial charge < -0.3 is 9.47 Å². The highest BCUT2D eigenvalue weighted by Gasteiger charge is 2.23. The molecule has 3 rings (SSSR count). The van der Waals surface area contributed by atoms with Gasteiger partial charge in [-0.2, -0.15) is 0 Å². The smallest absolute Gasteiger partial charge is 0.349 e. The van der Waals surface area contributed by atoms with E-state index in [1.807, 2.05) is 0 Å². The number of thiophene rings is 2. The van der Waals surface area contributed by atoms with Gasteiger partial charge in [-0.3, -0.25) is 0 Å². The molecule has 0 aliphatic rings. The molecule has 8 heteroatoms. The van der Waals surface area contributed by atoms with Gasteiger partial charge in [-0.25, -0.2) is 9.59 Å². The third kappa shape index (κ3) is 2.18. The summed E-state index contributed by atoms with van der Waals surface area (Å²) < 4.78 is 11.1. The van der Waals surface area contributed by atoms with E-state index in [-0.39, 0.29) is 0 Å². The second kappa shape index (κ2) is 5.70. The summed E-state index contributed by atoms with van der Waals surface area (Å²) in [5, 5.41) is 2.15. The molecule has 0 atom stereocenters. The van der Waals surface area contributed by atoms with Gasteiger partial charge in [0.15, 0.2) is 0 Å². The number of esters is 2. The average molecular weight is 375 g/mol. The predicted octanol–water partition coefficient (Wildman–Crippen LogP) is 5.00. The maximum atomic E-state index is 11.8. The number of hydrogen-bond donors (Lipinski definition) is 0. The van der Waals surface area contributed by atoms with E-state index in [1.165, 1.54) is 36.9 Å². The molecule has 4 nitrogen and oxygen atoms in total. The number of benzene rings is 1. The van der Waals surface area contributed by atoms with Crippen LogP contribution < -0.4 is 0 Å². The van der Waals surface area contributed by atoms with Crippen LogP contribution in [0.1, 0.15) is 19.3 Å². The van der Waals surface area contributed by atoms with E-state index in [0.717, 1.165) is 20.2 Å². The van der Waals surface area contributed by atoms with Crippen LogP contribution in [-0.2, 0) is 9.47 Å². The normalized spacial score (nSPS) is 11.1. The summed E-state index contributed by atoms with van der Waals surface area (Å²) >= 11 is 15.0. The predicted molar refractivity (Wildman–Crippen MR) is 89.9 cm³/mol. The molecule has 0 amide bonds. The van der Waals surface area contributed by atoms with Crippen molar-refractivity contribution in [2.45, 2.75) is 0 Å². The highest BCUT2D eigenvalue weighted by molar-refractivity contribution is 7.29. The van der Waals surface area contributed by atoms with Gasteiger partial charge in [0.2, 0.25) is 0 Å². The highest BCUT2D eigenvalue weighted by atomic mass is 35.5. The fourth-order valence-corrected chi connectivity index (χ4v) is 5.27.